The molecule has 0 N–H and O–H groups in total. The topological polar surface area (TPSA) is 38.8 Å². The molecule has 4 nitrogen and oxygen atoms in total. The second-order valence-electron chi connectivity index (χ2n) is 7.03. The zero-order valence-corrected chi connectivity index (χ0v) is 15.8. The zero-order valence-electron chi connectivity index (χ0n) is 15.0. The summed E-state index contributed by atoms with van der Waals surface area (Å²) in [4.78, 5) is 11.9. The van der Waals surface area contributed by atoms with E-state index in [4.69, 9.17) is 21.1 Å². The van der Waals surface area contributed by atoms with Crippen molar-refractivity contribution in [2.24, 2.45) is 0 Å². The molecule has 29 heavy (non-hydrogen) atoms. The van der Waals surface area contributed by atoms with Gasteiger partial charge in [0, 0.05) is 11.1 Å². The van der Waals surface area contributed by atoms with Crippen LogP contribution in [0, 0.1) is 5.82 Å². The highest BCUT2D eigenvalue weighted by atomic mass is 35.5. The monoisotopic (exact) mass is 429 g/mol. The van der Waals surface area contributed by atoms with E-state index in [1.54, 1.807) is 18.2 Å². The van der Waals surface area contributed by atoms with Crippen molar-refractivity contribution in [3.8, 4) is 11.5 Å². The normalized spacial score (nSPS) is 18.9. The fraction of sp³-hybridized carbons (Fsp3) is 0.350. The van der Waals surface area contributed by atoms with Gasteiger partial charge in [0.15, 0.2) is 11.5 Å². The highest BCUT2D eigenvalue weighted by molar-refractivity contribution is 6.30. The van der Waals surface area contributed by atoms with Crippen molar-refractivity contribution >= 4 is 17.5 Å². The number of likely N-dealkylation sites (tertiary alicyclic amines) is 1. The van der Waals surface area contributed by atoms with E-state index >= 15 is 0 Å². The van der Waals surface area contributed by atoms with Gasteiger partial charge in [-0.05, 0) is 48.2 Å². The second-order valence-corrected chi connectivity index (χ2v) is 7.46. The highest BCUT2D eigenvalue weighted by Gasteiger charge is 2.47. The Balaban J connectivity index is 1.46. The largest absolute Gasteiger partial charge is 0.483 e. The predicted octanol–water partition coefficient (Wildman–Crippen LogP) is 4.70. The van der Waals surface area contributed by atoms with Crippen molar-refractivity contribution < 1.29 is 31.8 Å². The molecule has 1 aliphatic carbocycles. The Morgan fingerprint density at radius 3 is 2.55 bits per heavy atom. The Kier molecular flexibility index (Phi) is 5.06. The van der Waals surface area contributed by atoms with Crippen molar-refractivity contribution in [2.75, 3.05) is 13.1 Å². The van der Waals surface area contributed by atoms with E-state index in [0.717, 1.165) is 17.5 Å². The summed E-state index contributed by atoms with van der Waals surface area (Å²) in [5.41, 5.74) is 1.77. The van der Waals surface area contributed by atoms with Gasteiger partial charge in [0.1, 0.15) is 18.0 Å². The first-order valence-electron chi connectivity index (χ1n) is 8.98. The van der Waals surface area contributed by atoms with Crippen LogP contribution in [-0.4, -0.2) is 36.2 Å². The van der Waals surface area contributed by atoms with Gasteiger partial charge in [-0.3, -0.25) is 4.79 Å². The van der Waals surface area contributed by atoms with E-state index in [1.165, 1.54) is 18.2 Å². The molecule has 0 unspecified atom stereocenters. The Hall–Kier alpha value is -2.48. The summed E-state index contributed by atoms with van der Waals surface area (Å²) < 4.78 is 62.8. The number of rotatable bonds is 4. The Morgan fingerprint density at radius 1 is 1.07 bits per heavy atom. The lowest BCUT2D eigenvalue weighted by Gasteiger charge is -2.39. The van der Waals surface area contributed by atoms with E-state index in [2.05, 4.69) is 0 Å². The van der Waals surface area contributed by atoms with Crippen LogP contribution >= 0.6 is 11.6 Å². The summed E-state index contributed by atoms with van der Waals surface area (Å²) in [7, 11) is 0. The van der Waals surface area contributed by atoms with E-state index in [-0.39, 0.29) is 30.8 Å². The first-order chi connectivity index (χ1) is 13.7. The molecule has 9 heteroatoms. The summed E-state index contributed by atoms with van der Waals surface area (Å²) in [5, 5.41) is 0.368. The fourth-order valence-corrected chi connectivity index (χ4v) is 3.68. The van der Waals surface area contributed by atoms with Crippen LogP contribution in [0.4, 0.5) is 17.6 Å². The van der Waals surface area contributed by atoms with Gasteiger partial charge in [0.2, 0.25) is 0 Å². The van der Waals surface area contributed by atoms with Crippen molar-refractivity contribution in [3.05, 3.63) is 58.4 Å². The van der Waals surface area contributed by atoms with E-state index in [0.29, 0.717) is 22.1 Å². The molecule has 1 saturated heterocycles. The maximum absolute atomic E-state index is 13.6. The van der Waals surface area contributed by atoms with Gasteiger partial charge < -0.3 is 14.4 Å². The van der Waals surface area contributed by atoms with Crippen molar-refractivity contribution in [1.82, 2.24) is 4.90 Å². The number of carbonyl (C=O) groups excluding carboxylic acids is 1. The number of aryl methyl sites for hydroxylation is 1. The minimum atomic E-state index is -4.90. The molecule has 2 aliphatic rings. The molecule has 2 aromatic carbocycles. The van der Waals surface area contributed by atoms with Crippen LogP contribution in [0.3, 0.4) is 0 Å². The number of amides is 1. The molecular weight excluding hydrogens is 414 g/mol. The van der Waals surface area contributed by atoms with Gasteiger partial charge in [-0.2, -0.15) is 13.2 Å². The molecule has 1 atom stereocenters. The number of carbonyl (C=O) groups is 1. The lowest BCUT2D eigenvalue weighted by molar-refractivity contribution is -0.193. The van der Waals surface area contributed by atoms with E-state index in [1.807, 2.05) is 0 Å². The molecule has 0 aromatic heterocycles. The summed E-state index contributed by atoms with van der Waals surface area (Å²) in [6.45, 7) is -0.358. The third kappa shape index (κ3) is 4.12. The molecule has 0 spiro atoms. The first kappa shape index (κ1) is 19.8. The standard InChI is InChI=1S/C20H16ClF4NO3/c21-12-3-6-17(29-16-5-2-11-1-4-13(22)8-15(11)16)18(7-12)28-14-9-26(10-14)19(27)20(23,24)25/h1,3-4,6-8,14,16H,2,5,9-10H2/t16-/m1/s1. The zero-order chi connectivity index (χ0) is 20.8. The van der Waals surface area contributed by atoms with Crippen LogP contribution in [0.15, 0.2) is 36.4 Å². The molecule has 0 radical (unpaired) electrons. The van der Waals surface area contributed by atoms with Crippen LogP contribution < -0.4 is 9.47 Å². The summed E-state index contributed by atoms with van der Waals surface area (Å²) in [6.07, 6.45) is -4.45. The molecular formula is C20H16ClF4NO3. The molecule has 0 saturated carbocycles. The Labute approximate surface area is 169 Å². The maximum atomic E-state index is 13.6. The van der Waals surface area contributed by atoms with Gasteiger partial charge >= 0.3 is 12.1 Å². The lowest BCUT2D eigenvalue weighted by atomic mass is 10.1. The molecule has 1 fully saturated rings. The number of halogens is 5. The van der Waals surface area contributed by atoms with Crippen LogP contribution in [0.2, 0.25) is 5.02 Å². The lowest BCUT2D eigenvalue weighted by Crippen LogP contribution is -2.59. The average Bonchev–Trinajstić information content (AvgIpc) is 3.00. The number of ether oxygens (including phenoxy) is 2. The quantitative estimate of drug-likeness (QED) is 0.661. The predicted molar refractivity (Wildman–Crippen MR) is 96.6 cm³/mol. The van der Waals surface area contributed by atoms with Crippen molar-refractivity contribution in [1.29, 1.82) is 0 Å². The number of alkyl halides is 3. The Bertz CT molecular complexity index is 944. The number of nitrogens with zero attached hydrogens (tertiary/aromatic N) is 1. The summed E-state index contributed by atoms with van der Waals surface area (Å²) in [6, 6.07) is 9.29. The minimum absolute atomic E-state index is 0.179. The molecule has 2 aromatic rings. The number of fused-ring (bicyclic) bond motifs is 1. The van der Waals surface area contributed by atoms with Gasteiger partial charge in [0.05, 0.1) is 13.1 Å². The smallest absolute Gasteiger partial charge is 0.471 e. The summed E-state index contributed by atoms with van der Waals surface area (Å²) in [5.74, 6) is -1.61. The van der Waals surface area contributed by atoms with Gasteiger partial charge in [0.25, 0.3) is 0 Å². The molecule has 1 heterocycles. The molecule has 1 aliphatic heterocycles. The summed E-state index contributed by atoms with van der Waals surface area (Å²) >= 11 is 6.02. The van der Waals surface area contributed by atoms with Crippen LogP contribution in [-0.2, 0) is 11.2 Å². The van der Waals surface area contributed by atoms with Gasteiger partial charge in [-0.25, -0.2) is 4.39 Å². The molecule has 4 rings (SSSR count). The minimum Gasteiger partial charge on any atom is -0.483 e. The number of benzene rings is 2. The number of hydrogen-bond acceptors (Lipinski definition) is 3. The highest BCUT2D eigenvalue weighted by Crippen LogP contribution is 2.40. The molecule has 0 bridgehead atoms. The SMILES string of the molecule is O=C(N1CC(Oc2cc(Cl)ccc2O[C@@H]2CCc3ccc(F)cc32)C1)C(F)(F)F. The van der Waals surface area contributed by atoms with E-state index < -0.39 is 18.2 Å². The molecule has 154 valence electrons. The fourth-order valence-electron chi connectivity index (χ4n) is 3.52. The number of hydrogen-bond donors (Lipinski definition) is 0. The van der Waals surface area contributed by atoms with Crippen LogP contribution in [0.1, 0.15) is 23.7 Å². The molecule has 1 amide bonds. The first-order valence-corrected chi connectivity index (χ1v) is 9.36. The van der Waals surface area contributed by atoms with Crippen molar-refractivity contribution in [3.63, 3.8) is 0 Å². The van der Waals surface area contributed by atoms with Crippen LogP contribution in [0.25, 0.3) is 0 Å². The Morgan fingerprint density at radius 2 is 1.83 bits per heavy atom. The van der Waals surface area contributed by atoms with Gasteiger partial charge in [-0.15, -0.1) is 0 Å². The second kappa shape index (κ2) is 7.40. The maximum Gasteiger partial charge on any atom is 0.471 e. The van der Waals surface area contributed by atoms with Crippen LogP contribution in [0.5, 0.6) is 11.5 Å². The third-order valence-corrected chi connectivity index (χ3v) is 5.21. The average molecular weight is 430 g/mol. The third-order valence-electron chi connectivity index (χ3n) is 4.98. The van der Waals surface area contributed by atoms with Crippen molar-refractivity contribution in [2.45, 2.75) is 31.2 Å². The van der Waals surface area contributed by atoms with Gasteiger partial charge in [-0.1, -0.05) is 17.7 Å². The van der Waals surface area contributed by atoms with E-state index in [9.17, 15) is 22.4 Å².